The van der Waals surface area contributed by atoms with Crippen molar-refractivity contribution in [3.63, 3.8) is 0 Å². The highest BCUT2D eigenvalue weighted by molar-refractivity contribution is 6.44. The van der Waals surface area contributed by atoms with Crippen LogP contribution in [0.4, 0.5) is 10.1 Å². The molecule has 0 radical (unpaired) electrons. The monoisotopic (exact) mass is 340 g/mol. The number of carbonyl (C=O) groups is 2. The summed E-state index contributed by atoms with van der Waals surface area (Å²) in [6, 6.07) is 9.82. The zero-order valence-corrected chi connectivity index (χ0v) is 12.7. The van der Waals surface area contributed by atoms with Crippen LogP contribution in [0.5, 0.6) is 0 Å². The second-order valence-electron chi connectivity index (χ2n) is 4.34. The molecule has 114 valence electrons. The lowest BCUT2D eigenvalue weighted by Crippen LogP contribution is -2.32. The molecule has 0 aliphatic heterocycles. The number of benzene rings is 2. The Bertz CT molecular complexity index is 705. The molecular formula is C15H11Cl2FN2O2. The van der Waals surface area contributed by atoms with Gasteiger partial charge in [-0.15, -0.1) is 0 Å². The summed E-state index contributed by atoms with van der Waals surface area (Å²) in [5, 5.41) is 5.50. The predicted octanol–water partition coefficient (Wildman–Crippen LogP) is 3.50. The highest BCUT2D eigenvalue weighted by atomic mass is 35.5. The molecule has 7 heteroatoms. The molecule has 0 aliphatic rings. The molecule has 0 unspecified atom stereocenters. The molecule has 0 atom stereocenters. The van der Waals surface area contributed by atoms with Crippen LogP contribution < -0.4 is 10.6 Å². The molecule has 4 nitrogen and oxygen atoms in total. The zero-order valence-electron chi connectivity index (χ0n) is 11.2. The van der Waals surface area contributed by atoms with Gasteiger partial charge in [0, 0.05) is 5.56 Å². The molecule has 0 aromatic heterocycles. The van der Waals surface area contributed by atoms with Crippen LogP contribution in [0.2, 0.25) is 10.0 Å². The Balaban J connectivity index is 1.91. The Morgan fingerprint density at radius 2 is 1.73 bits per heavy atom. The highest BCUT2D eigenvalue weighted by Crippen LogP contribution is 2.29. The van der Waals surface area contributed by atoms with Crippen LogP contribution in [0.25, 0.3) is 0 Å². The minimum absolute atomic E-state index is 0.224. The van der Waals surface area contributed by atoms with E-state index in [1.165, 1.54) is 24.3 Å². The fraction of sp³-hybridized carbons (Fsp3) is 0.0667. The normalized spacial score (nSPS) is 10.1. The lowest BCUT2D eigenvalue weighted by Gasteiger charge is -2.09. The summed E-state index contributed by atoms with van der Waals surface area (Å²) in [5.74, 6) is -1.38. The minimum atomic E-state index is -0.479. The maximum atomic E-state index is 12.8. The van der Waals surface area contributed by atoms with Gasteiger partial charge in [-0.25, -0.2) is 4.39 Å². The number of hydrogen-bond donors (Lipinski definition) is 2. The molecule has 2 amide bonds. The SMILES string of the molecule is O=C(CNC(=O)c1ccc(F)cc1)Nc1cccc(Cl)c1Cl. The van der Waals surface area contributed by atoms with Crippen molar-refractivity contribution in [2.24, 2.45) is 0 Å². The van der Waals surface area contributed by atoms with E-state index in [2.05, 4.69) is 10.6 Å². The summed E-state index contributed by atoms with van der Waals surface area (Å²) in [7, 11) is 0. The fourth-order valence-electron chi connectivity index (χ4n) is 1.66. The van der Waals surface area contributed by atoms with E-state index >= 15 is 0 Å². The van der Waals surface area contributed by atoms with Crippen molar-refractivity contribution in [2.75, 3.05) is 11.9 Å². The maximum Gasteiger partial charge on any atom is 0.251 e. The molecule has 2 aromatic rings. The number of halogens is 3. The number of hydrogen-bond acceptors (Lipinski definition) is 2. The maximum absolute atomic E-state index is 12.8. The second-order valence-corrected chi connectivity index (χ2v) is 5.12. The third-order valence-electron chi connectivity index (χ3n) is 2.74. The van der Waals surface area contributed by atoms with Gasteiger partial charge in [0.05, 0.1) is 22.3 Å². The molecule has 0 spiro atoms. The smallest absolute Gasteiger partial charge is 0.251 e. The quantitative estimate of drug-likeness (QED) is 0.894. The first-order valence-electron chi connectivity index (χ1n) is 6.25. The second kappa shape index (κ2) is 7.24. The Labute approximate surface area is 136 Å². The molecule has 0 aliphatic carbocycles. The average Bonchev–Trinajstić information content (AvgIpc) is 2.50. The zero-order chi connectivity index (χ0) is 16.1. The molecule has 0 heterocycles. The van der Waals surface area contributed by atoms with Gasteiger partial charge in [0.15, 0.2) is 0 Å². The molecule has 22 heavy (non-hydrogen) atoms. The van der Waals surface area contributed by atoms with Crippen molar-refractivity contribution in [1.82, 2.24) is 5.32 Å². The van der Waals surface area contributed by atoms with Crippen LogP contribution >= 0.6 is 23.2 Å². The lowest BCUT2D eigenvalue weighted by molar-refractivity contribution is -0.115. The van der Waals surface area contributed by atoms with Crippen LogP contribution in [-0.2, 0) is 4.79 Å². The third kappa shape index (κ3) is 4.19. The molecular weight excluding hydrogens is 330 g/mol. The van der Waals surface area contributed by atoms with Gasteiger partial charge in [-0.3, -0.25) is 9.59 Å². The standard InChI is InChI=1S/C15H11Cl2FN2O2/c16-11-2-1-3-12(14(11)17)20-13(21)8-19-15(22)9-4-6-10(18)7-5-9/h1-7H,8H2,(H,19,22)(H,20,21). The predicted molar refractivity (Wildman–Crippen MR) is 83.8 cm³/mol. The molecule has 0 saturated heterocycles. The number of rotatable bonds is 4. The number of anilines is 1. The van der Waals surface area contributed by atoms with Gasteiger partial charge in [0.1, 0.15) is 5.82 Å². The minimum Gasteiger partial charge on any atom is -0.343 e. The van der Waals surface area contributed by atoms with Crippen molar-refractivity contribution < 1.29 is 14.0 Å². The van der Waals surface area contributed by atoms with E-state index in [1.807, 2.05) is 0 Å². The summed E-state index contributed by atoms with van der Waals surface area (Å²) in [6.45, 7) is -0.251. The molecule has 0 saturated carbocycles. The number of amides is 2. The first kappa shape index (κ1) is 16.3. The van der Waals surface area contributed by atoms with Gasteiger partial charge in [0.2, 0.25) is 5.91 Å². The molecule has 0 bridgehead atoms. The first-order chi connectivity index (χ1) is 10.5. The van der Waals surface area contributed by atoms with E-state index in [9.17, 15) is 14.0 Å². The van der Waals surface area contributed by atoms with Gasteiger partial charge in [-0.2, -0.15) is 0 Å². The van der Waals surface area contributed by atoms with Crippen LogP contribution in [-0.4, -0.2) is 18.4 Å². The van der Waals surface area contributed by atoms with Crippen molar-refractivity contribution in [1.29, 1.82) is 0 Å². The summed E-state index contributed by atoms with van der Waals surface area (Å²) >= 11 is 11.8. The van der Waals surface area contributed by atoms with Crippen molar-refractivity contribution >= 4 is 40.7 Å². The summed E-state index contributed by atoms with van der Waals surface area (Å²) in [5.41, 5.74) is 0.616. The first-order valence-corrected chi connectivity index (χ1v) is 7.00. The highest BCUT2D eigenvalue weighted by Gasteiger charge is 2.10. The van der Waals surface area contributed by atoms with Crippen LogP contribution in [0.1, 0.15) is 10.4 Å². The van der Waals surface area contributed by atoms with E-state index in [1.54, 1.807) is 18.2 Å². The Morgan fingerprint density at radius 1 is 1.05 bits per heavy atom. The average molecular weight is 341 g/mol. The van der Waals surface area contributed by atoms with Crippen LogP contribution in [0.3, 0.4) is 0 Å². The molecule has 2 N–H and O–H groups in total. The van der Waals surface area contributed by atoms with Crippen molar-refractivity contribution in [3.05, 3.63) is 63.9 Å². The van der Waals surface area contributed by atoms with E-state index in [4.69, 9.17) is 23.2 Å². The lowest BCUT2D eigenvalue weighted by atomic mass is 10.2. The number of carbonyl (C=O) groups excluding carboxylic acids is 2. The van der Waals surface area contributed by atoms with Crippen LogP contribution in [0, 0.1) is 5.82 Å². The summed E-state index contributed by atoms with van der Waals surface area (Å²) in [4.78, 5) is 23.6. The fourth-order valence-corrected chi connectivity index (χ4v) is 2.01. The van der Waals surface area contributed by atoms with Gasteiger partial charge in [0.25, 0.3) is 5.91 Å². The van der Waals surface area contributed by atoms with Gasteiger partial charge in [-0.05, 0) is 36.4 Å². The van der Waals surface area contributed by atoms with Crippen molar-refractivity contribution in [2.45, 2.75) is 0 Å². The summed E-state index contributed by atoms with van der Waals surface area (Å²) in [6.07, 6.45) is 0. The third-order valence-corrected chi connectivity index (χ3v) is 3.56. The van der Waals surface area contributed by atoms with Crippen molar-refractivity contribution in [3.8, 4) is 0 Å². The van der Waals surface area contributed by atoms with Gasteiger partial charge >= 0.3 is 0 Å². The Kier molecular flexibility index (Phi) is 5.35. The largest absolute Gasteiger partial charge is 0.343 e. The molecule has 2 rings (SSSR count). The van der Waals surface area contributed by atoms with E-state index < -0.39 is 17.6 Å². The van der Waals surface area contributed by atoms with E-state index in [0.717, 1.165) is 0 Å². The van der Waals surface area contributed by atoms with E-state index in [-0.39, 0.29) is 17.1 Å². The van der Waals surface area contributed by atoms with Gasteiger partial charge in [-0.1, -0.05) is 29.3 Å². The molecule has 2 aromatic carbocycles. The van der Waals surface area contributed by atoms with E-state index in [0.29, 0.717) is 10.7 Å². The van der Waals surface area contributed by atoms with Crippen LogP contribution in [0.15, 0.2) is 42.5 Å². The topological polar surface area (TPSA) is 58.2 Å². The Morgan fingerprint density at radius 3 is 2.41 bits per heavy atom. The van der Waals surface area contributed by atoms with Gasteiger partial charge < -0.3 is 10.6 Å². The molecule has 0 fully saturated rings. The number of nitrogens with one attached hydrogen (secondary N) is 2. The summed E-state index contributed by atoms with van der Waals surface area (Å²) < 4.78 is 12.8. The Hall–Kier alpha value is -2.11.